The molecule has 0 saturated heterocycles. The molecule has 150 valence electrons. The van der Waals surface area contributed by atoms with Gasteiger partial charge in [0.05, 0.1) is 5.56 Å². The van der Waals surface area contributed by atoms with Crippen molar-refractivity contribution in [1.82, 2.24) is 19.6 Å². The highest BCUT2D eigenvalue weighted by molar-refractivity contribution is 6.12. The summed E-state index contributed by atoms with van der Waals surface area (Å²) in [5, 5.41) is 23.4. The number of amides is 1. The highest BCUT2D eigenvalue weighted by Crippen LogP contribution is 2.23. The van der Waals surface area contributed by atoms with Crippen LogP contribution in [-0.4, -0.2) is 25.5 Å². The maximum Gasteiger partial charge on any atom is 0.257 e. The van der Waals surface area contributed by atoms with Gasteiger partial charge in [-0.1, -0.05) is 18.2 Å². The predicted octanol–water partition coefficient (Wildman–Crippen LogP) is 4.39. The number of aryl methyl sites for hydroxylation is 1. The van der Waals surface area contributed by atoms with E-state index in [0.29, 0.717) is 28.1 Å². The molecule has 0 spiro atoms. The number of hydrogen-bond acceptors (Lipinski definition) is 5. The fourth-order valence-corrected chi connectivity index (χ4v) is 3.50. The summed E-state index contributed by atoms with van der Waals surface area (Å²) in [7, 11) is 0. The third kappa shape index (κ3) is 3.34. The standard InChI is InChI=1S/C23H17N7O/c1-14-18-4-2-5-19(22(18)29-28-14)23(31)27-16-10-8-15(9-11-16)25-20-6-3-7-21-26-17(12-24)13-30(20)21/h2-11,13,25H,1H3,(H,27,31)(H,28,29). The lowest BCUT2D eigenvalue weighted by atomic mass is 10.1. The number of carbonyl (C=O) groups is 1. The molecule has 0 aliphatic rings. The first kappa shape index (κ1) is 18.4. The molecule has 0 bridgehead atoms. The number of imidazole rings is 1. The van der Waals surface area contributed by atoms with Gasteiger partial charge in [-0.05, 0) is 49.4 Å². The fourth-order valence-electron chi connectivity index (χ4n) is 3.50. The lowest BCUT2D eigenvalue weighted by Gasteiger charge is -2.10. The van der Waals surface area contributed by atoms with Crippen molar-refractivity contribution in [2.45, 2.75) is 6.92 Å². The molecule has 8 heteroatoms. The van der Waals surface area contributed by atoms with Crippen molar-refractivity contribution in [3.63, 3.8) is 0 Å². The molecule has 8 nitrogen and oxygen atoms in total. The Labute approximate surface area is 177 Å². The van der Waals surface area contributed by atoms with Gasteiger partial charge in [-0.15, -0.1) is 0 Å². The van der Waals surface area contributed by atoms with E-state index in [1.165, 1.54) is 0 Å². The van der Waals surface area contributed by atoms with Gasteiger partial charge in [0.15, 0.2) is 5.69 Å². The number of fused-ring (bicyclic) bond motifs is 2. The fraction of sp³-hybridized carbons (Fsp3) is 0.0435. The highest BCUT2D eigenvalue weighted by atomic mass is 16.1. The second-order valence-electron chi connectivity index (χ2n) is 7.08. The van der Waals surface area contributed by atoms with Crippen molar-refractivity contribution in [2.75, 3.05) is 10.6 Å². The van der Waals surface area contributed by atoms with Crippen molar-refractivity contribution in [3.8, 4) is 6.07 Å². The van der Waals surface area contributed by atoms with E-state index in [1.807, 2.05) is 65.9 Å². The Morgan fingerprint density at radius 2 is 1.84 bits per heavy atom. The normalized spacial score (nSPS) is 10.8. The van der Waals surface area contributed by atoms with Gasteiger partial charge in [0.25, 0.3) is 5.91 Å². The molecular formula is C23H17N7O. The number of nitrogens with one attached hydrogen (secondary N) is 3. The first-order valence-electron chi connectivity index (χ1n) is 9.63. The van der Waals surface area contributed by atoms with Crippen molar-refractivity contribution in [1.29, 1.82) is 5.26 Å². The molecule has 1 amide bonds. The average molecular weight is 407 g/mol. The highest BCUT2D eigenvalue weighted by Gasteiger charge is 2.13. The number of nitriles is 1. The lowest BCUT2D eigenvalue weighted by molar-refractivity contribution is 0.102. The molecule has 5 rings (SSSR count). The number of benzene rings is 2. The minimum absolute atomic E-state index is 0.218. The molecular weight excluding hydrogens is 390 g/mol. The summed E-state index contributed by atoms with van der Waals surface area (Å²) in [4.78, 5) is 17.0. The van der Waals surface area contributed by atoms with Crippen LogP contribution in [0.15, 0.2) is 66.9 Å². The van der Waals surface area contributed by atoms with Crippen LogP contribution in [0.5, 0.6) is 0 Å². The van der Waals surface area contributed by atoms with E-state index >= 15 is 0 Å². The summed E-state index contributed by atoms with van der Waals surface area (Å²) >= 11 is 0. The summed E-state index contributed by atoms with van der Waals surface area (Å²) in [5.74, 6) is 0.564. The predicted molar refractivity (Wildman–Crippen MR) is 118 cm³/mol. The summed E-state index contributed by atoms with van der Waals surface area (Å²) in [6.45, 7) is 1.92. The summed E-state index contributed by atoms with van der Waals surface area (Å²) < 4.78 is 1.82. The lowest BCUT2D eigenvalue weighted by Crippen LogP contribution is -2.12. The van der Waals surface area contributed by atoms with Gasteiger partial charge < -0.3 is 10.6 Å². The number of rotatable bonds is 4. The van der Waals surface area contributed by atoms with Crippen LogP contribution >= 0.6 is 0 Å². The number of H-pyrrole nitrogens is 1. The number of hydrogen-bond donors (Lipinski definition) is 3. The smallest absolute Gasteiger partial charge is 0.257 e. The van der Waals surface area contributed by atoms with Crippen molar-refractivity contribution in [2.24, 2.45) is 0 Å². The van der Waals surface area contributed by atoms with Crippen LogP contribution in [0, 0.1) is 18.3 Å². The van der Waals surface area contributed by atoms with Crippen LogP contribution in [0.4, 0.5) is 17.2 Å². The van der Waals surface area contributed by atoms with E-state index in [0.717, 1.165) is 22.6 Å². The van der Waals surface area contributed by atoms with Crippen molar-refractivity contribution >= 4 is 39.6 Å². The SMILES string of the molecule is Cc1[nH]nc2c(C(=O)Nc3ccc(Nc4cccc5nc(C#N)cn45)cc3)cccc12. The number of para-hydroxylation sites is 1. The summed E-state index contributed by atoms with van der Waals surface area (Å²) in [6, 6.07) is 20.6. The van der Waals surface area contributed by atoms with E-state index in [2.05, 4.69) is 31.9 Å². The van der Waals surface area contributed by atoms with Crippen LogP contribution in [-0.2, 0) is 0 Å². The first-order valence-corrected chi connectivity index (χ1v) is 9.63. The molecule has 5 aromatic rings. The van der Waals surface area contributed by atoms with Gasteiger partial charge in [0, 0.05) is 28.7 Å². The molecule has 2 aromatic carbocycles. The Bertz CT molecular complexity index is 1470. The molecule has 31 heavy (non-hydrogen) atoms. The maximum absolute atomic E-state index is 12.8. The monoisotopic (exact) mass is 407 g/mol. The number of aromatic nitrogens is 4. The Morgan fingerprint density at radius 1 is 1.06 bits per heavy atom. The molecule has 3 N–H and O–H groups in total. The molecule has 3 heterocycles. The molecule has 0 unspecified atom stereocenters. The van der Waals surface area contributed by atoms with Crippen molar-refractivity contribution in [3.05, 3.63) is 83.8 Å². The molecule has 0 aliphatic carbocycles. The Balaban J connectivity index is 1.35. The molecule has 0 atom stereocenters. The summed E-state index contributed by atoms with van der Waals surface area (Å²) in [5.41, 5.74) is 4.65. The van der Waals surface area contributed by atoms with Gasteiger partial charge >= 0.3 is 0 Å². The average Bonchev–Trinajstić information content (AvgIpc) is 3.39. The minimum Gasteiger partial charge on any atom is -0.341 e. The van der Waals surface area contributed by atoms with Gasteiger partial charge in [-0.2, -0.15) is 10.4 Å². The number of anilines is 3. The van der Waals surface area contributed by atoms with E-state index < -0.39 is 0 Å². The van der Waals surface area contributed by atoms with E-state index in [4.69, 9.17) is 5.26 Å². The Hall–Kier alpha value is -4.64. The van der Waals surface area contributed by atoms with Crippen LogP contribution in [0.25, 0.3) is 16.6 Å². The first-order chi connectivity index (χ1) is 15.1. The molecule has 0 saturated carbocycles. The Kier molecular flexibility index (Phi) is 4.34. The summed E-state index contributed by atoms with van der Waals surface area (Å²) in [6.07, 6.45) is 1.68. The number of nitrogens with zero attached hydrogens (tertiary/aromatic N) is 4. The van der Waals surface area contributed by atoms with Crippen molar-refractivity contribution < 1.29 is 4.79 Å². The zero-order chi connectivity index (χ0) is 21.4. The van der Waals surface area contributed by atoms with E-state index in [-0.39, 0.29) is 5.91 Å². The quantitative estimate of drug-likeness (QED) is 0.409. The molecule has 3 aromatic heterocycles. The zero-order valence-electron chi connectivity index (χ0n) is 16.5. The van der Waals surface area contributed by atoms with Gasteiger partial charge in [0.2, 0.25) is 0 Å². The third-order valence-electron chi connectivity index (χ3n) is 5.04. The van der Waals surface area contributed by atoms with Crippen LogP contribution in [0.2, 0.25) is 0 Å². The van der Waals surface area contributed by atoms with Gasteiger partial charge in [-0.25, -0.2) is 4.98 Å². The Morgan fingerprint density at radius 3 is 2.65 bits per heavy atom. The number of aromatic amines is 1. The minimum atomic E-state index is -0.218. The van der Waals surface area contributed by atoms with Crippen LogP contribution in [0.1, 0.15) is 21.7 Å². The molecule has 0 aliphatic heterocycles. The van der Waals surface area contributed by atoms with Crippen LogP contribution < -0.4 is 10.6 Å². The maximum atomic E-state index is 12.8. The molecule has 0 radical (unpaired) electrons. The second-order valence-corrected chi connectivity index (χ2v) is 7.08. The largest absolute Gasteiger partial charge is 0.341 e. The number of carbonyl (C=O) groups excluding carboxylic acids is 1. The third-order valence-corrected chi connectivity index (χ3v) is 5.04. The van der Waals surface area contributed by atoms with Gasteiger partial charge in [0.1, 0.15) is 23.1 Å². The van der Waals surface area contributed by atoms with E-state index in [9.17, 15) is 4.79 Å². The zero-order valence-corrected chi connectivity index (χ0v) is 16.5. The van der Waals surface area contributed by atoms with E-state index in [1.54, 1.807) is 12.3 Å². The van der Waals surface area contributed by atoms with Gasteiger partial charge in [-0.3, -0.25) is 14.3 Å². The second kappa shape index (κ2) is 7.31. The topological polar surface area (TPSA) is 111 Å². The van der Waals surface area contributed by atoms with Crippen LogP contribution in [0.3, 0.4) is 0 Å². The number of pyridine rings is 1. The molecule has 0 fully saturated rings.